The number of anilines is 2. The molecule has 0 fully saturated rings. The molecule has 0 saturated carbocycles. The second kappa shape index (κ2) is 9.49. The summed E-state index contributed by atoms with van der Waals surface area (Å²) in [5.74, 6) is 1.25. The van der Waals surface area contributed by atoms with Crippen LogP contribution in [0, 0.1) is 0 Å². The fourth-order valence-electron chi connectivity index (χ4n) is 2.93. The maximum absolute atomic E-state index is 12.6. The second-order valence-electron chi connectivity index (χ2n) is 6.98. The van der Waals surface area contributed by atoms with Crippen molar-refractivity contribution in [2.24, 2.45) is 7.05 Å². The van der Waals surface area contributed by atoms with Crippen LogP contribution < -0.4 is 20.1 Å². The Morgan fingerprint density at radius 1 is 1.16 bits per heavy atom. The number of fused-ring (bicyclic) bond motifs is 1. The van der Waals surface area contributed by atoms with Crippen LogP contribution in [0.25, 0.3) is 0 Å². The average Bonchev–Trinajstić information content (AvgIpc) is 3.37. The third-order valence-corrected chi connectivity index (χ3v) is 6.15. The summed E-state index contributed by atoms with van der Waals surface area (Å²) in [5.41, 5.74) is 1.14. The van der Waals surface area contributed by atoms with Crippen molar-refractivity contribution >= 4 is 46.6 Å². The van der Waals surface area contributed by atoms with E-state index in [2.05, 4.69) is 20.8 Å². The molecule has 1 aromatic heterocycles. The Balaban J connectivity index is 1.35. The van der Waals surface area contributed by atoms with E-state index in [4.69, 9.17) is 21.1 Å². The zero-order valence-corrected chi connectivity index (χ0v) is 18.9. The molecule has 9 nitrogen and oxygen atoms in total. The SMILES string of the molecule is C[C@@H](Sc1nnc(CC(=O)Nc2ccccc2Cl)n1C)C(=O)Nc1ccc2c(c1)OCO2. The lowest BCUT2D eigenvalue weighted by molar-refractivity contribution is -0.116. The summed E-state index contributed by atoms with van der Waals surface area (Å²) < 4.78 is 12.3. The van der Waals surface area contributed by atoms with E-state index in [1.165, 1.54) is 11.8 Å². The van der Waals surface area contributed by atoms with Gasteiger partial charge in [0.05, 0.1) is 22.4 Å². The van der Waals surface area contributed by atoms with E-state index in [9.17, 15) is 9.59 Å². The number of thioether (sulfide) groups is 1. The molecule has 2 heterocycles. The second-order valence-corrected chi connectivity index (χ2v) is 8.70. The van der Waals surface area contributed by atoms with Crippen LogP contribution in [0.15, 0.2) is 47.6 Å². The van der Waals surface area contributed by atoms with E-state index >= 15 is 0 Å². The predicted molar refractivity (Wildman–Crippen MR) is 121 cm³/mol. The van der Waals surface area contributed by atoms with Gasteiger partial charge in [-0.15, -0.1) is 10.2 Å². The van der Waals surface area contributed by atoms with Crippen molar-refractivity contribution in [3.63, 3.8) is 0 Å². The molecule has 1 atom stereocenters. The van der Waals surface area contributed by atoms with E-state index < -0.39 is 5.25 Å². The summed E-state index contributed by atoms with van der Waals surface area (Å²) in [7, 11) is 1.75. The van der Waals surface area contributed by atoms with Gasteiger partial charge in [0, 0.05) is 18.8 Å². The van der Waals surface area contributed by atoms with Gasteiger partial charge >= 0.3 is 0 Å². The van der Waals surface area contributed by atoms with Crippen LogP contribution in [-0.2, 0) is 23.1 Å². The van der Waals surface area contributed by atoms with Crippen molar-refractivity contribution < 1.29 is 19.1 Å². The number of para-hydroxylation sites is 1. The molecule has 0 saturated heterocycles. The highest BCUT2D eigenvalue weighted by atomic mass is 35.5. The first-order valence-corrected chi connectivity index (χ1v) is 11.0. The summed E-state index contributed by atoms with van der Waals surface area (Å²) in [5, 5.41) is 14.4. The minimum absolute atomic E-state index is 0.0209. The molecular formula is C21H20ClN5O4S. The topological polar surface area (TPSA) is 107 Å². The molecule has 32 heavy (non-hydrogen) atoms. The molecule has 0 spiro atoms. The Bertz CT molecular complexity index is 1170. The highest BCUT2D eigenvalue weighted by molar-refractivity contribution is 8.00. The van der Waals surface area contributed by atoms with Gasteiger partial charge in [-0.25, -0.2) is 0 Å². The van der Waals surface area contributed by atoms with Gasteiger partial charge in [0.1, 0.15) is 5.82 Å². The fourth-order valence-corrected chi connectivity index (χ4v) is 3.95. The molecule has 2 aromatic carbocycles. The molecule has 0 radical (unpaired) electrons. The van der Waals surface area contributed by atoms with Crippen LogP contribution in [0.2, 0.25) is 5.02 Å². The molecule has 0 aliphatic carbocycles. The number of nitrogens with one attached hydrogen (secondary N) is 2. The van der Waals surface area contributed by atoms with E-state index in [1.807, 2.05) is 0 Å². The van der Waals surface area contributed by atoms with E-state index in [0.717, 1.165) is 0 Å². The van der Waals surface area contributed by atoms with E-state index in [0.29, 0.717) is 38.9 Å². The van der Waals surface area contributed by atoms with Crippen LogP contribution in [-0.4, -0.2) is 38.6 Å². The number of ether oxygens (including phenoxy) is 2. The number of carbonyl (C=O) groups excluding carboxylic acids is 2. The first-order valence-electron chi connectivity index (χ1n) is 9.70. The van der Waals surface area contributed by atoms with Crippen molar-refractivity contribution in [1.29, 1.82) is 0 Å². The number of carbonyl (C=O) groups is 2. The van der Waals surface area contributed by atoms with Crippen molar-refractivity contribution in [3.05, 3.63) is 53.3 Å². The predicted octanol–water partition coefficient (Wildman–Crippen LogP) is 3.50. The van der Waals surface area contributed by atoms with Crippen LogP contribution in [0.1, 0.15) is 12.7 Å². The molecule has 2 amide bonds. The minimum Gasteiger partial charge on any atom is -0.454 e. The van der Waals surface area contributed by atoms with Crippen LogP contribution in [0.3, 0.4) is 0 Å². The van der Waals surface area contributed by atoms with Gasteiger partial charge in [-0.1, -0.05) is 35.5 Å². The minimum atomic E-state index is -0.451. The number of halogens is 1. The standard InChI is InChI=1S/C21H20ClN5O4S/c1-12(20(29)23-13-7-8-16-17(9-13)31-11-30-16)32-21-26-25-18(27(21)2)10-19(28)24-15-6-4-3-5-14(15)22/h3-9,12H,10-11H2,1-2H3,(H,23,29)(H,24,28)/t12-/m1/s1. The summed E-state index contributed by atoms with van der Waals surface area (Å²) >= 11 is 7.32. The molecule has 1 aliphatic rings. The third kappa shape index (κ3) is 4.97. The quantitative estimate of drug-likeness (QED) is 0.505. The van der Waals surface area contributed by atoms with Crippen molar-refractivity contribution in [3.8, 4) is 11.5 Å². The average molecular weight is 474 g/mol. The van der Waals surface area contributed by atoms with E-state index in [1.54, 1.807) is 61.0 Å². The summed E-state index contributed by atoms with van der Waals surface area (Å²) in [6.45, 7) is 1.94. The van der Waals surface area contributed by atoms with Gasteiger partial charge in [0.15, 0.2) is 16.7 Å². The summed E-state index contributed by atoms with van der Waals surface area (Å²) in [6, 6.07) is 12.2. The smallest absolute Gasteiger partial charge is 0.237 e. The molecule has 11 heteroatoms. The summed E-state index contributed by atoms with van der Waals surface area (Å²) in [4.78, 5) is 25.0. The number of hydrogen-bond acceptors (Lipinski definition) is 7. The van der Waals surface area contributed by atoms with E-state index in [-0.39, 0.29) is 25.0 Å². The van der Waals surface area contributed by atoms with Crippen LogP contribution in [0.5, 0.6) is 11.5 Å². The van der Waals surface area contributed by atoms with Gasteiger partial charge in [-0.3, -0.25) is 9.59 Å². The van der Waals surface area contributed by atoms with Gasteiger partial charge in [-0.05, 0) is 31.2 Å². The largest absolute Gasteiger partial charge is 0.454 e. The Labute approximate surface area is 193 Å². The number of amides is 2. The molecule has 3 aromatic rings. The summed E-state index contributed by atoms with van der Waals surface area (Å²) in [6.07, 6.45) is 0.0209. The first kappa shape index (κ1) is 22.0. The number of aromatic nitrogens is 3. The zero-order chi connectivity index (χ0) is 22.7. The molecule has 166 valence electrons. The highest BCUT2D eigenvalue weighted by Gasteiger charge is 2.21. The number of hydrogen-bond donors (Lipinski definition) is 2. The molecule has 2 N–H and O–H groups in total. The lowest BCUT2D eigenvalue weighted by Gasteiger charge is -2.12. The lowest BCUT2D eigenvalue weighted by atomic mass is 10.2. The molecular weight excluding hydrogens is 454 g/mol. The lowest BCUT2D eigenvalue weighted by Crippen LogP contribution is -2.23. The number of nitrogens with zero attached hydrogens (tertiary/aromatic N) is 3. The van der Waals surface area contributed by atoms with Gasteiger partial charge < -0.3 is 24.7 Å². The zero-order valence-electron chi connectivity index (χ0n) is 17.3. The highest BCUT2D eigenvalue weighted by Crippen LogP contribution is 2.34. The van der Waals surface area contributed by atoms with Crippen LogP contribution >= 0.6 is 23.4 Å². The fraction of sp³-hybridized carbons (Fsp3) is 0.238. The normalized spacial score (nSPS) is 13.0. The molecule has 1 aliphatic heterocycles. The molecule has 4 rings (SSSR count). The Kier molecular flexibility index (Phi) is 6.52. The maximum atomic E-state index is 12.6. The first-order chi connectivity index (χ1) is 15.4. The van der Waals surface area contributed by atoms with Crippen molar-refractivity contribution in [2.45, 2.75) is 23.8 Å². The third-order valence-electron chi connectivity index (χ3n) is 4.68. The Morgan fingerprint density at radius 2 is 1.94 bits per heavy atom. The van der Waals surface area contributed by atoms with Gasteiger partial charge in [0.25, 0.3) is 0 Å². The maximum Gasteiger partial charge on any atom is 0.237 e. The molecule has 0 unspecified atom stereocenters. The van der Waals surface area contributed by atoms with Crippen LogP contribution in [0.4, 0.5) is 11.4 Å². The van der Waals surface area contributed by atoms with Crippen molar-refractivity contribution in [2.75, 3.05) is 17.4 Å². The number of rotatable bonds is 7. The number of benzene rings is 2. The molecule has 0 bridgehead atoms. The monoisotopic (exact) mass is 473 g/mol. The van der Waals surface area contributed by atoms with Crippen molar-refractivity contribution in [1.82, 2.24) is 14.8 Å². The van der Waals surface area contributed by atoms with Gasteiger partial charge in [0.2, 0.25) is 18.6 Å². The Hall–Kier alpha value is -3.24. The van der Waals surface area contributed by atoms with Gasteiger partial charge in [-0.2, -0.15) is 0 Å². The Morgan fingerprint density at radius 3 is 2.75 bits per heavy atom.